The number of hydrogen-bond acceptors (Lipinski definition) is 5. The summed E-state index contributed by atoms with van der Waals surface area (Å²) in [6.45, 7) is 0.982. The zero-order chi connectivity index (χ0) is 25.5. The topological polar surface area (TPSA) is 75.6 Å². The molecule has 4 aromatic carbocycles. The van der Waals surface area contributed by atoms with Crippen molar-refractivity contribution in [2.24, 2.45) is 0 Å². The van der Waals surface area contributed by atoms with Crippen molar-refractivity contribution >= 4 is 21.4 Å². The van der Waals surface area contributed by atoms with Gasteiger partial charge in [-0.2, -0.15) is 0 Å². The fourth-order valence-corrected chi connectivity index (χ4v) is 5.23. The maximum absolute atomic E-state index is 13.3. The van der Waals surface area contributed by atoms with Crippen LogP contribution in [-0.4, -0.2) is 26.6 Å². The van der Waals surface area contributed by atoms with Gasteiger partial charge in [0.05, 0.1) is 11.0 Å². The van der Waals surface area contributed by atoms with Gasteiger partial charge in [0.2, 0.25) is 9.84 Å². The van der Waals surface area contributed by atoms with Crippen molar-refractivity contribution in [2.45, 2.75) is 22.3 Å². The summed E-state index contributed by atoms with van der Waals surface area (Å²) in [4.78, 5) is 0.171. The summed E-state index contributed by atoms with van der Waals surface area (Å²) in [5.74, 6) is 0.0915. The van der Waals surface area contributed by atoms with E-state index in [1.165, 1.54) is 30.3 Å². The van der Waals surface area contributed by atoms with Crippen LogP contribution in [0.5, 0.6) is 11.5 Å². The molecular weight excluding hydrogens is 501 g/mol. The van der Waals surface area contributed by atoms with Crippen LogP contribution in [0.25, 0.3) is 0 Å². The molecule has 0 bridgehead atoms. The summed E-state index contributed by atoms with van der Waals surface area (Å²) in [5, 5.41) is 14.1. The Morgan fingerprint density at radius 1 is 0.917 bits per heavy atom. The number of aliphatic hydroxyl groups is 1. The van der Waals surface area contributed by atoms with Crippen molar-refractivity contribution in [3.63, 3.8) is 0 Å². The monoisotopic (exact) mass is 525 g/mol. The maximum Gasteiger partial charge on any atom is 0.210 e. The summed E-state index contributed by atoms with van der Waals surface area (Å²) in [7, 11) is -3.84. The second kappa shape index (κ2) is 11.7. The molecule has 1 atom stereocenters. The molecule has 0 amide bonds. The van der Waals surface area contributed by atoms with Gasteiger partial charge in [-0.05, 0) is 84.8 Å². The van der Waals surface area contributed by atoms with E-state index in [0.717, 1.165) is 11.1 Å². The van der Waals surface area contributed by atoms with Gasteiger partial charge in [-0.25, -0.2) is 12.8 Å². The van der Waals surface area contributed by atoms with Gasteiger partial charge in [-0.15, -0.1) is 0 Å². The third-order valence-corrected chi connectivity index (χ3v) is 7.62. The standard InChI is InChI=1S/C28H25ClFNO4S/c29-22-5-3-4-21(18-22)26(32)19-31-17-16-20-8-14-25(15-9-20)36(33,34)28-7-2-1-6-27(28)35-24-12-10-23(30)11-13-24/h1-15,18,26,31-32H,16-17,19H2. The Labute approximate surface area is 215 Å². The van der Waals surface area contributed by atoms with Crippen molar-refractivity contribution in [2.75, 3.05) is 13.1 Å². The Balaban J connectivity index is 1.38. The van der Waals surface area contributed by atoms with Crippen LogP contribution in [0.1, 0.15) is 17.2 Å². The van der Waals surface area contributed by atoms with Gasteiger partial charge in [0.25, 0.3) is 0 Å². The zero-order valence-electron chi connectivity index (χ0n) is 19.3. The van der Waals surface area contributed by atoms with Crippen molar-refractivity contribution in [3.8, 4) is 11.5 Å². The predicted octanol–water partition coefficient (Wildman–Crippen LogP) is 5.97. The number of para-hydroxylation sites is 1. The third-order valence-electron chi connectivity index (χ3n) is 5.58. The van der Waals surface area contributed by atoms with Crippen LogP contribution in [0.3, 0.4) is 0 Å². The minimum absolute atomic E-state index is 0.0266. The normalized spacial score (nSPS) is 12.3. The lowest BCUT2D eigenvalue weighted by molar-refractivity contribution is 0.175. The summed E-state index contributed by atoms with van der Waals surface area (Å²) in [6.07, 6.45) is -0.0132. The van der Waals surface area contributed by atoms with Crippen LogP contribution < -0.4 is 10.1 Å². The van der Waals surface area contributed by atoms with Crippen molar-refractivity contribution < 1.29 is 22.7 Å². The molecule has 0 aliphatic rings. The van der Waals surface area contributed by atoms with Gasteiger partial charge in [0, 0.05) is 11.6 Å². The highest BCUT2D eigenvalue weighted by Gasteiger charge is 2.22. The summed E-state index contributed by atoms with van der Waals surface area (Å²) in [6, 6.07) is 25.5. The second-order valence-electron chi connectivity index (χ2n) is 8.18. The van der Waals surface area contributed by atoms with Crippen LogP contribution in [0.4, 0.5) is 4.39 Å². The Morgan fingerprint density at radius 3 is 2.36 bits per heavy atom. The molecule has 1 unspecified atom stereocenters. The van der Waals surface area contributed by atoms with Crippen molar-refractivity contribution in [3.05, 3.63) is 119 Å². The van der Waals surface area contributed by atoms with Crippen LogP contribution in [-0.2, 0) is 16.3 Å². The van der Waals surface area contributed by atoms with Crippen LogP contribution in [0.15, 0.2) is 107 Å². The van der Waals surface area contributed by atoms with Gasteiger partial charge < -0.3 is 15.2 Å². The number of benzene rings is 4. The fraction of sp³-hybridized carbons (Fsp3) is 0.143. The molecule has 4 rings (SSSR count). The highest BCUT2D eigenvalue weighted by molar-refractivity contribution is 7.91. The first-order valence-electron chi connectivity index (χ1n) is 11.3. The van der Waals surface area contributed by atoms with E-state index in [2.05, 4.69) is 5.32 Å². The molecule has 4 aromatic rings. The van der Waals surface area contributed by atoms with E-state index >= 15 is 0 Å². The molecule has 186 valence electrons. The van der Waals surface area contributed by atoms with Gasteiger partial charge in [0.1, 0.15) is 22.2 Å². The SMILES string of the molecule is O=S(=O)(c1ccc(CCNCC(O)c2cccc(Cl)c2)cc1)c1ccccc1Oc1ccc(F)cc1. The molecule has 0 aliphatic carbocycles. The summed E-state index contributed by atoms with van der Waals surface area (Å²) >= 11 is 5.97. The largest absolute Gasteiger partial charge is 0.456 e. The van der Waals surface area contributed by atoms with Crippen molar-refractivity contribution in [1.29, 1.82) is 0 Å². The Kier molecular flexibility index (Phi) is 8.38. The minimum Gasteiger partial charge on any atom is -0.456 e. The highest BCUT2D eigenvalue weighted by atomic mass is 35.5. The zero-order valence-corrected chi connectivity index (χ0v) is 20.8. The van der Waals surface area contributed by atoms with E-state index < -0.39 is 21.8 Å². The summed E-state index contributed by atoms with van der Waals surface area (Å²) < 4.78 is 45.6. The maximum atomic E-state index is 13.3. The van der Waals surface area contributed by atoms with E-state index in [1.807, 2.05) is 6.07 Å². The smallest absolute Gasteiger partial charge is 0.210 e. The highest BCUT2D eigenvalue weighted by Crippen LogP contribution is 2.32. The van der Waals surface area contributed by atoms with E-state index in [0.29, 0.717) is 30.3 Å². The molecule has 36 heavy (non-hydrogen) atoms. The number of nitrogens with one attached hydrogen (secondary N) is 1. The van der Waals surface area contributed by atoms with E-state index in [4.69, 9.17) is 16.3 Å². The minimum atomic E-state index is -3.84. The number of rotatable bonds is 10. The molecule has 0 aromatic heterocycles. The molecule has 0 spiro atoms. The number of halogens is 2. The lowest BCUT2D eigenvalue weighted by Crippen LogP contribution is -2.23. The van der Waals surface area contributed by atoms with E-state index in [1.54, 1.807) is 60.7 Å². The van der Waals surface area contributed by atoms with Gasteiger partial charge in [0.15, 0.2) is 0 Å². The number of aliphatic hydroxyl groups excluding tert-OH is 1. The Hall–Kier alpha value is -3.23. The third kappa shape index (κ3) is 6.50. The first-order valence-corrected chi connectivity index (χ1v) is 13.2. The molecule has 0 fully saturated rings. The van der Waals surface area contributed by atoms with Gasteiger partial charge in [-0.3, -0.25) is 0 Å². The molecule has 8 heteroatoms. The summed E-state index contributed by atoms with van der Waals surface area (Å²) in [5.41, 5.74) is 1.70. The molecule has 2 N–H and O–H groups in total. The average molecular weight is 526 g/mol. The number of sulfone groups is 1. The van der Waals surface area contributed by atoms with E-state index in [-0.39, 0.29) is 15.5 Å². The first-order chi connectivity index (χ1) is 17.3. The average Bonchev–Trinajstić information content (AvgIpc) is 2.88. The van der Waals surface area contributed by atoms with Crippen LogP contribution in [0, 0.1) is 5.82 Å². The first kappa shape index (κ1) is 25.9. The number of hydrogen-bond donors (Lipinski definition) is 2. The fourth-order valence-electron chi connectivity index (χ4n) is 3.65. The molecule has 5 nitrogen and oxygen atoms in total. The molecule has 0 aliphatic heterocycles. The molecule has 0 saturated heterocycles. The Bertz CT molecular complexity index is 1410. The molecule has 0 radical (unpaired) electrons. The lowest BCUT2D eigenvalue weighted by Gasteiger charge is -2.13. The quantitative estimate of drug-likeness (QED) is 0.249. The van der Waals surface area contributed by atoms with Crippen LogP contribution in [0.2, 0.25) is 5.02 Å². The van der Waals surface area contributed by atoms with E-state index in [9.17, 15) is 17.9 Å². The van der Waals surface area contributed by atoms with Crippen LogP contribution >= 0.6 is 11.6 Å². The lowest BCUT2D eigenvalue weighted by atomic mass is 10.1. The van der Waals surface area contributed by atoms with Gasteiger partial charge in [-0.1, -0.05) is 48.0 Å². The van der Waals surface area contributed by atoms with Crippen molar-refractivity contribution in [1.82, 2.24) is 5.32 Å². The second-order valence-corrected chi connectivity index (χ2v) is 10.5. The molecular formula is C28H25ClFNO4S. The predicted molar refractivity (Wildman–Crippen MR) is 138 cm³/mol. The molecule has 0 heterocycles. The Morgan fingerprint density at radius 2 is 1.64 bits per heavy atom. The number of ether oxygens (including phenoxy) is 1. The molecule has 0 saturated carbocycles. The van der Waals surface area contributed by atoms with Gasteiger partial charge >= 0.3 is 0 Å².